The molecule has 0 unspecified atom stereocenters. The molecule has 0 aliphatic carbocycles. The maximum absolute atomic E-state index is 11.6. The molecule has 0 atom stereocenters. The SMILES string of the molecule is COC(=O)C(=Cc1ccc(N2CCCCC2)cc1)C(=O)OC. The minimum absolute atomic E-state index is 0.115. The summed E-state index contributed by atoms with van der Waals surface area (Å²) >= 11 is 0. The second-order valence-electron chi connectivity index (χ2n) is 5.18. The number of anilines is 1. The van der Waals surface area contributed by atoms with Crippen molar-refractivity contribution in [1.29, 1.82) is 0 Å². The number of ether oxygens (including phenoxy) is 2. The molecule has 0 amide bonds. The summed E-state index contributed by atoms with van der Waals surface area (Å²) in [6.07, 6.45) is 5.21. The molecule has 1 saturated heterocycles. The van der Waals surface area contributed by atoms with E-state index in [1.807, 2.05) is 24.3 Å². The minimum Gasteiger partial charge on any atom is -0.465 e. The number of hydrogen-bond acceptors (Lipinski definition) is 5. The van der Waals surface area contributed by atoms with Gasteiger partial charge in [-0.1, -0.05) is 12.1 Å². The molecule has 2 rings (SSSR count). The Morgan fingerprint density at radius 1 is 0.955 bits per heavy atom. The van der Waals surface area contributed by atoms with E-state index in [1.165, 1.54) is 39.6 Å². The Bertz CT molecular complexity index is 539. The van der Waals surface area contributed by atoms with Gasteiger partial charge in [0.25, 0.3) is 0 Å². The number of methoxy groups -OCH3 is 2. The lowest BCUT2D eigenvalue weighted by Crippen LogP contribution is -2.29. The molecule has 5 nitrogen and oxygen atoms in total. The average molecular weight is 303 g/mol. The zero-order chi connectivity index (χ0) is 15.9. The van der Waals surface area contributed by atoms with E-state index in [0.717, 1.165) is 24.3 Å². The molecule has 1 fully saturated rings. The maximum Gasteiger partial charge on any atom is 0.345 e. The van der Waals surface area contributed by atoms with Crippen molar-refractivity contribution >= 4 is 23.7 Å². The van der Waals surface area contributed by atoms with E-state index in [9.17, 15) is 9.59 Å². The van der Waals surface area contributed by atoms with Crippen LogP contribution >= 0.6 is 0 Å². The summed E-state index contributed by atoms with van der Waals surface area (Å²) in [5.41, 5.74) is 1.80. The number of carbonyl (C=O) groups excluding carboxylic acids is 2. The maximum atomic E-state index is 11.6. The van der Waals surface area contributed by atoms with Gasteiger partial charge in [-0.2, -0.15) is 0 Å². The molecule has 0 aromatic heterocycles. The Morgan fingerprint density at radius 3 is 2.00 bits per heavy atom. The first kappa shape index (κ1) is 16.1. The molecular formula is C17H21NO4. The van der Waals surface area contributed by atoms with Gasteiger partial charge in [-0.25, -0.2) is 9.59 Å². The topological polar surface area (TPSA) is 55.8 Å². The first-order valence-electron chi connectivity index (χ1n) is 7.39. The van der Waals surface area contributed by atoms with E-state index in [1.54, 1.807) is 0 Å². The van der Waals surface area contributed by atoms with Crippen LogP contribution in [0.2, 0.25) is 0 Å². The third-order valence-electron chi connectivity index (χ3n) is 3.74. The second kappa shape index (κ2) is 7.64. The van der Waals surface area contributed by atoms with Crippen LogP contribution in [0, 0.1) is 0 Å². The highest BCUT2D eigenvalue weighted by Crippen LogP contribution is 2.21. The standard InChI is InChI=1S/C17H21NO4/c1-21-16(19)15(17(20)22-2)12-13-6-8-14(9-7-13)18-10-4-3-5-11-18/h6-9,12H,3-5,10-11H2,1-2H3. The van der Waals surface area contributed by atoms with Crippen molar-refractivity contribution in [2.75, 3.05) is 32.2 Å². The Balaban J connectivity index is 2.18. The van der Waals surface area contributed by atoms with Crippen LogP contribution in [0.15, 0.2) is 29.8 Å². The lowest BCUT2D eigenvalue weighted by molar-refractivity contribution is -0.143. The number of benzene rings is 1. The molecule has 1 aromatic rings. The van der Waals surface area contributed by atoms with E-state index >= 15 is 0 Å². The molecule has 0 saturated carbocycles. The van der Waals surface area contributed by atoms with Crippen LogP contribution in [0.3, 0.4) is 0 Å². The third kappa shape index (κ3) is 3.87. The quantitative estimate of drug-likeness (QED) is 0.370. The van der Waals surface area contributed by atoms with Crippen molar-refractivity contribution in [3.63, 3.8) is 0 Å². The number of rotatable bonds is 4. The molecular weight excluding hydrogens is 282 g/mol. The van der Waals surface area contributed by atoms with Gasteiger partial charge in [-0.3, -0.25) is 0 Å². The van der Waals surface area contributed by atoms with Gasteiger partial charge in [0, 0.05) is 18.8 Å². The molecule has 0 bridgehead atoms. The van der Waals surface area contributed by atoms with E-state index in [0.29, 0.717) is 0 Å². The van der Waals surface area contributed by atoms with E-state index in [4.69, 9.17) is 0 Å². The van der Waals surface area contributed by atoms with Crippen LogP contribution in [0.1, 0.15) is 24.8 Å². The predicted octanol–water partition coefficient (Wildman–Crippen LogP) is 2.41. The van der Waals surface area contributed by atoms with Gasteiger partial charge < -0.3 is 14.4 Å². The van der Waals surface area contributed by atoms with Crippen LogP contribution in [0.4, 0.5) is 5.69 Å². The summed E-state index contributed by atoms with van der Waals surface area (Å²) in [5.74, 6) is -1.40. The van der Waals surface area contributed by atoms with Crippen molar-refractivity contribution in [3.05, 3.63) is 35.4 Å². The normalized spacial score (nSPS) is 14.2. The van der Waals surface area contributed by atoms with Gasteiger partial charge >= 0.3 is 11.9 Å². The molecule has 1 aliphatic heterocycles. The lowest BCUT2D eigenvalue weighted by atomic mass is 10.1. The van der Waals surface area contributed by atoms with E-state index < -0.39 is 11.9 Å². The zero-order valence-electron chi connectivity index (χ0n) is 13.0. The Hall–Kier alpha value is -2.30. The van der Waals surface area contributed by atoms with Gasteiger partial charge in [0.2, 0.25) is 0 Å². The summed E-state index contributed by atoms with van der Waals surface area (Å²) in [7, 11) is 2.47. The fraction of sp³-hybridized carbons (Fsp3) is 0.412. The summed E-state index contributed by atoms with van der Waals surface area (Å²) < 4.78 is 9.22. The van der Waals surface area contributed by atoms with Crippen molar-refractivity contribution in [2.24, 2.45) is 0 Å². The van der Waals surface area contributed by atoms with Gasteiger partial charge in [0.05, 0.1) is 14.2 Å². The van der Waals surface area contributed by atoms with Crippen molar-refractivity contribution in [1.82, 2.24) is 0 Å². The Labute approximate surface area is 130 Å². The molecule has 0 spiro atoms. The fourth-order valence-corrected chi connectivity index (χ4v) is 2.52. The zero-order valence-corrected chi connectivity index (χ0v) is 13.0. The number of carbonyl (C=O) groups is 2. The summed E-state index contributed by atoms with van der Waals surface area (Å²) in [5, 5.41) is 0. The number of piperidine rings is 1. The first-order valence-corrected chi connectivity index (χ1v) is 7.39. The Morgan fingerprint density at radius 2 is 1.50 bits per heavy atom. The van der Waals surface area contributed by atoms with E-state index in [2.05, 4.69) is 14.4 Å². The van der Waals surface area contributed by atoms with Gasteiger partial charge in [-0.05, 0) is 43.0 Å². The van der Waals surface area contributed by atoms with Crippen LogP contribution in [0.5, 0.6) is 0 Å². The highest BCUT2D eigenvalue weighted by molar-refractivity contribution is 6.17. The monoisotopic (exact) mass is 303 g/mol. The first-order chi connectivity index (χ1) is 10.7. The van der Waals surface area contributed by atoms with Gasteiger partial charge in [0.15, 0.2) is 0 Å². The molecule has 0 radical (unpaired) electrons. The number of esters is 2. The molecule has 5 heteroatoms. The molecule has 0 N–H and O–H groups in total. The molecule has 1 aliphatic rings. The van der Waals surface area contributed by atoms with Crippen molar-refractivity contribution < 1.29 is 19.1 Å². The minimum atomic E-state index is -0.702. The lowest BCUT2D eigenvalue weighted by Gasteiger charge is -2.28. The van der Waals surface area contributed by atoms with Crippen LogP contribution in [-0.2, 0) is 19.1 Å². The van der Waals surface area contributed by atoms with Crippen molar-refractivity contribution in [2.45, 2.75) is 19.3 Å². The van der Waals surface area contributed by atoms with Crippen LogP contribution < -0.4 is 4.90 Å². The van der Waals surface area contributed by atoms with Gasteiger partial charge in [-0.15, -0.1) is 0 Å². The van der Waals surface area contributed by atoms with Crippen LogP contribution in [-0.4, -0.2) is 39.2 Å². The second-order valence-corrected chi connectivity index (χ2v) is 5.18. The third-order valence-corrected chi connectivity index (χ3v) is 3.74. The highest BCUT2D eigenvalue weighted by Gasteiger charge is 2.19. The van der Waals surface area contributed by atoms with Crippen molar-refractivity contribution in [3.8, 4) is 0 Å². The average Bonchev–Trinajstić information content (AvgIpc) is 2.59. The summed E-state index contributed by atoms with van der Waals surface area (Å²) in [6.45, 7) is 2.15. The molecule has 22 heavy (non-hydrogen) atoms. The molecule has 118 valence electrons. The highest BCUT2D eigenvalue weighted by atomic mass is 16.5. The number of hydrogen-bond donors (Lipinski definition) is 0. The molecule has 1 aromatic carbocycles. The summed E-state index contributed by atoms with van der Waals surface area (Å²) in [6, 6.07) is 7.78. The number of nitrogens with zero attached hydrogens (tertiary/aromatic N) is 1. The largest absolute Gasteiger partial charge is 0.465 e. The molecule has 1 heterocycles. The smallest absolute Gasteiger partial charge is 0.345 e. The Kier molecular flexibility index (Phi) is 5.58. The predicted molar refractivity (Wildman–Crippen MR) is 84.5 cm³/mol. The van der Waals surface area contributed by atoms with Gasteiger partial charge in [0.1, 0.15) is 5.57 Å². The fourth-order valence-electron chi connectivity index (χ4n) is 2.52. The van der Waals surface area contributed by atoms with E-state index in [-0.39, 0.29) is 5.57 Å². The van der Waals surface area contributed by atoms with Crippen LogP contribution in [0.25, 0.3) is 6.08 Å². The summed E-state index contributed by atoms with van der Waals surface area (Å²) in [4.78, 5) is 25.6.